The molecule has 0 unspecified atom stereocenters. The van der Waals surface area contributed by atoms with Gasteiger partial charge in [-0.2, -0.15) is 10.2 Å². The van der Waals surface area contributed by atoms with Crippen LogP contribution in [0.4, 0.5) is 16.0 Å². The van der Waals surface area contributed by atoms with E-state index in [0.717, 1.165) is 16.8 Å². The van der Waals surface area contributed by atoms with E-state index in [1.807, 2.05) is 49.5 Å². The van der Waals surface area contributed by atoms with Crippen molar-refractivity contribution < 1.29 is 4.39 Å². The molecular formula is C22H19Cl2FN6S. The zero-order valence-electron chi connectivity index (χ0n) is 17.0. The summed E-state index contributed by atoms with van der Waals surface area (Å²) in [5, 5.41) is 16.5. The third kappa shape index (κ3) is 5.64. The standard InChI is InChI=1S/C22H19Cl2FN6S/c1-14-10-21(29-31(14)13-16-4-7-18(25)11-19(16)24)27-22(32)26-20-8-9-30(28-20)12-15-2-5-17(23)6-3-15/h2-11H,12-13H2,1H3,(H2,26,27,28,29,32). The summed E-state index contributed by atoms with van der Waals surface area (Å²) in [5.74, 6) is 0.829. The van der Waals surface area contributed by atoms with E-state index in [1.165, 1.54) is 12.1 Å². The first-order valence-corrected chi connectivity index (χ1v) is 10.9. The van der Waals surface area contributed by atoms with Crippen molar-refractivity contribution in [3.8, 4) is 0 Å². The lowest BCUT2D eigenvalue weighted by molar-refractivity contribution is 0.623. The number of aromatic nitrogens is 4. The Bertz CT molecular complexity index is 1250. The van der Waals surface area contributed by atoms with Gasteiger partial charge in [-0.15, -0.1) is 0 Å². The average molecular weight is 489 g/mol. The molecule has 6 nitrogen and oxygen atoms in total. The van der Waals surface area contributed by atoms with Crippen LogP contribution in [0.5, 0.6) is 0 Å². The highest BCUT2D eigenvalue weighted by Crippen LogP contribution is 2.20. The van der Waals surface area contributed by atoms with Crippen molar-refractivity contribution in [1.82, 2.24) is 19.6 Å². The molecule has 0 aliphatic carbocycles. The van der Waals surface area contributed by atoms with Gasteiger partial charge in [-0.3, -0.25) is 9.36 Å². The summed E-state index contributed by atoms with van der Waals surface area (Å²) >= 11 is 17.4. The van der Waals surface area contributed by atoms with Gasteiger partial charge in [-0.1, -0.05) is 41.4 Å². The number of thiocarbonyl (C=S) groups is 1. The van der Waals surface area contributed by atoms with Crippen LogP contribution in [0, 0.1) is 12.7 Å². The van der Waals surface area contributed by atoms with E-state index < -0.39 is 0 Å². The molecule has 2 aromatic heterocycles. The summed E-state index contributed by atoms with van der Waals surface area (Å²) in [6.07, 6.45) is 1.87. The molecule has 2 N–H and O–H groups in total. The molecule has 0 bridgehead atoms. The van der Waals surface area contributed by atoms with E-state index in [-0.39, 0.29) is 5.82 Å². The number of nitrogens with zero attached hydrogens (tertiary/aromatic N) is 4. The van der Waals surface area contributed by atoms with Gasteiger partial charge in [-0.05, 0) is 54.5 Å². The molecule has 32 heavy (non-hydrogen) atoms. The number of hydrogen-bond acceptors (Lipinski definition) is 3. The molecule has 2 heterocycles. The first-order valence-electron chi connectivity index (χ1n) is 9.70. The lowest BCUT2D eigenvalue weighted by Gasteiger charge is -2.07. The lowest BCUT2D eigenvalue weighted by atomic mass is 10.2. The van der Waals surface area contributed by atoms with E-state index in [4.69, 9.17) is 35.4 Å². The van der Waals surface area contributed by atoms with Crippen molar-refractivity contribution >= 4 is 52.2 Å². The molecule has 0 fully saturated rings. The summed E-state index contributed by atoms with van der Waals surface area (Å²) in [5.41, 5.74) is 2.77. The predicted octanol–water partition coefficient (Wildman–Crippen LogP) is 5.74. The Balaban J connectivity index is 1.36. The van der Waals surface area contributed by atoms with Gasteiger partial charge >= 0.3 is 0 Å². The fourth-order valence-corrected chi connectivity index (χ4v) is 3.66. The van der Waals surface area contributed by atoms with Crippen LogP contribution in [0.3, 0.4) is 0 Å². The van der Waals surface area contributed by atoms with Gasteiger partial charge in [0.25, 0.3) is 0 Å². The molecule has 0 aliphatic heterocycles. The van der Waals surface area contributed by atoms with Gasteiger partial charge < -0.3 is 10.6 Å². The molecule has 2 aromatic carbocycles. The van der Waals surface area contributed by atoms with Gasteiger partial charge in [0.15, 0.2) is 16.7 Å². The van der Waals surface area contributed by atoms with Crippen molar-refractivity contribution in [2.24, 2.45) is 0 Å². The second-order valence-corrected chi connectivity index (χ2v) is 8.42. The van der Waals surface area contributed by atoms with Crippen molar-refractivity contribution in [2.45, 2.75) is 20.0 Å². The molecular weight excluding hydrogens is 470 g/mol. The Morgan fingerprint density at radius 3 is 2.47 bits per heavy atom. The molecule has 0 aliphatic rings. The van der Waals surface area contributed by atoms with Crippen molar-refractivity contribution in [3.05, 3.63) is 93.5 Å². The van der Waals surface area contributed by atoms with E-state index in [9.17, 15) is 4.39 Å². The number of aryl methyl sites for hydroxylation is 1. The minimum absolute atomic E-state index is 0.362. The quantitative estimate of drug-likeness (QED) is 0.339. The van der Waals surface area contributed by atoms with Gasteiger partial charge in [0, 0.05) is 34.1 Å². The Morgan fingerprint density at radius 1 is 0.969 bits per heavy atom. The molecule has 0 saturated heterocycles. The van der Waals surface area contributed by atoms with E-state index in [2.05, 4.69) is 20.8 Å². The third-order valence-corrected chi connectivity index (χ3v) is 5.51. The molecule has 0 spiro atoms. The smallest absolute Gasteiger partial charge is 0.177 e. The topological polar surface area (TPSA) is 59.7 Å². The maximum atomic E-state index is 13.3. The minimum atomic E-state index is -0.370. The number of benzene rings is 2. The van der Waals surface area contributed by atoms with Crippen molar-refractivity contribution in [3.63, 3.8) is 0 Å². The third-order valence-electron chi connectivity index (χ3n) is 4.70. The van der Waals surface area contributed by atoms with Crippen LogP contribution in [-0.4, -0.2) is 24.7 Å². The van der Waals surface area contributed by atoms with Crippen LogP contribution in [0.25, 0.3) is 0 Å². The molecule has 0 amide bonds. The van der Waals surface area contributed by atoms with Gasteiger partial charge in [0.2, 0.25) is 0 Å². The number of rotatable bonds is 6. The lowest BCUT2D eigenvalue weighted by Crippen LogP contribution is -2.20. The molecule has 164 valence electrons. The second kappa shape index (κ2) is 9.68. The van der Waals surface area contributed by atoms with Crippen molar-refractivity contribution in [1.29, 1.82) is 0 Å². The highest BCUT2D eigenvalue weighted by atomic mass is 35.5. The predicted molar refractivity (Wildman–Crippen MR) is 130 cm³/mol. The minimum Gasteiger partial charge on any atom is -0.316 e. The summed E-state index contributed by atoms with van der Waals surface area (Å²) in [4.78, 5) is 0. The average Bonchev–Trinajstić information content (AvgIpc) is 3.31. The number of nitrogens with one attached hydrogen (secondary N) is 2. The Hall–Kier alpha value is -2.94. The van der Waals surface area contributed by atoms with Crippen LogP contribution >= 0.6 is 35.4 Å². The Kier molecular flexibility index (Phi) is 6.74. The summed E-state index contributed by atoms with van der Waals surface area (Å²) in [6, 6.07) is 15.6. The zero-order chi connectivity index (χ0) is 22.7. The van der Waals surface area contributed by atoms with E-state index >= 15 is 0 Å². The molecule has 10 heteroatoms. The monoisotopic (exact) mass is 488 g/mol. The maximum absolute atomic E-state index is 13.3. The van der Waals surface area contributed by atoms with Gasteiger partial charge in [0.05, 0.1) is 13.1 Å². The molecule has 0 saturated carbocycles. The van der Waals surface area contributed by atoms with Crippen molar-refractivity contribution in [2.75, 3.05) is 10.6 Å². The fourth-order valence-electron chi connectivity index (χ4n) is 3.10. The fraction of sp³-hybridized carbons (Fsp3) is 0.136. The Morgan fingerprint density at radius 2 is 1.72 bits per heavy atom. The van der Waals surface area contributed by atoms with Gasteiger partial charge in [0.1, 0.15) is 5.82 Å². The molecule has 4 rings (SSSR count). The Labute approximate surface area is 200 Å². The van der Waals surface area contributed by atoms with Crippen LogP contribution in [0.2, 0.25) is 10.0 Å². The van der Waals surface area contributed by atoms with Crippen LogP contribution in [0.1, 0.15) is 16.8 Å². The zero-order valence-corrected chi connectivity index (χ0v) is 19.3. The summed E-state index contributed by atoms with van der Waals surface area (Å²) in [6.45, 7) is 2.96. The van der Waals surface area contributed by atoms with E-state index in [0.29, 0.717) is 39.9 Å². The highest BCUT2D eigenvalue weighted by Gasteiger charge is 2.10. The summed E-state index contributed by atoms with van der Waals surface area (Å²) < 4.78 is 16.8. The SMILES string of the molecule is Cc1cc(NC(=S)Nc2ccn(Cc3ccc(Cl)cc3)n2)nn1Cc1ccc(F)cc1Cl. The molecule has 0 radical (unpaired) electrons. The number of anilines is 2. The highest BCUT2D eigenvalue weighted by molar-refractivity contribution is 7.80. The molecule has 0 atom stereocenters. The first-order chi connectivity index (χ1) is 15.4. The molecule has 4 aromatic rings. The number of hydrogen-bond donors (Lipinski definition) is 2. The largest absolute Gasteiger partial charge is 0.316 e. The van der Waals surface area contributed by atoms with Crippen LogP contribution in [0.15, 0.2) is 60.8 Å². The van der Waals surface area contributed by atoms with Crippen LogP contribution in [-0.2, 0) is 13.1 Å². The van der Waals surface area contributed by atoms with Gasteiger partial charge in [-0.25, -0.2) is 4.39 Å². The summed E-state index contributed by atoms with van der Waals surface area (Å²) in [7, 11) is 0. The second-order valence-electron chi connectivity index (χ2n) is 7.17. The van der Waals surface area contributed by atoms with E-state index in [1.54, 1.807) is 15.4 Å². The normalized spacial score (nSPS) is 10.9. The number of halogens is 3. The first kappa shape index (κ1) is 22.3. The van der Waals surface area contributed by atoms with Crippen LogP contribution < -0.4 is 10.6 Å². The maximum Gasteiger partial charge on any atom is 0.177 e.